The molecule has 1 amide bonds. The molecule has 1 fully saturated rings. The number of thioether (sulfide) groups is 2. The molecule has 1 aliphatic carbocycles. The molecule has 0 unspecified atom stereocenters. The van der Waals surface area contributed by atoms with Gasteiger partial charge in [0.25, 0.3) is 0 Å². The van der Waals surface area contributed by atoms with Crippen molar-refractivity contribution in [1.82, 2.24) is 5.32 Å². The molecule has 0 saturated heterocycles. The van der Waals surface area contributed by atoms with Crippen LogP contribution in [-0.2, 0) is 4.79 Å². The van der Waals surface area contributed by atoms with Gasteiger partial charge < -0.3 is 5.32 Å². The molecule has 0 radical (unpaired) electrons. The number of hydrogen-bond acceptors (Lipinski definition) is 4. The van der Waals surface area contributed by atoms with Gasteiger partial charge in [0.1, 0.15) is 4.38 Å². The van der Waals surface area contributed by atoms with Crippen molar-refractivity contribution < 1.29 is 4.79 Å². The lowest BCUT2D eigenvalue weighted by molar-refractivity contribution is -0.118. The number of nitrogens with one attached hydrogen (secondary N) is 1. The third-order valence-corrected chi connectivity index (χ3v) is 4.08. The van der Waals surface area contributed by atoms with E-state index in [9.17, 15) is 4.79 Å². The van der Waals surface area contributed by atoms with Crippen LogP contribution in [0.2, 0.25) is 0 Å². The summed E-state index contributed by atoms with van der Waals surface area (Å²) in [5, 5.41) is 2.95. The quantitative estimate of drug-likeness (QED) is 0.768. The van der Waals surface area contributed by atoms with E-state index in [-0.39, 0.29) is 5.91 Å². The van der Waals surface area contributed by atoms with Gasteiger partial charge in [0.05, 0.1) is 12.3 Å². The Morgan fingerprint density at radius 1 is 1.69 bits per heavy atom. The SMILES string of the molecule is O=C(CSC1=NCCS1)NC1CC1. The van der Waals surface area contributed by atoms with Gasteiger partial charge in [-0.05, 0) is 12.8 Å². The topological polar surface area (TPSA) is 41.5 Å². The van der Waals surface area contributed by atoms with E-state index in [2.05, 4.69) is 10.3 Å². The molecule has 0 aromatic carbocycles. The summed E-state index contributed by atoms with van der Waals surface area (Å²) in [4.78, 5) is 15.5. The van der Waals surface area contributed by atoms with Crippen LogP contribution >= 0.6 is 23.5 Å². The number of rotatable bonds is 3. The smallest absolute Gasteiger partial charge is 0.230 e. The number of aliphatic imine (C=N–C) groups is 1. The lowest BCUT2D eigenvalue weighted by atomic mass is 10.6. The molecule has 0 aromatic heterocycles. The van der Waals surface area contributed by atoms with Crippen LogP contribution in [0.4, 0.5) is 0 Å². The van der Waals surface area contributed by atoms with Crippen LogP contribution in [0.15, 0.2) is 4.99 Å². The van der Waals surface area contributed by atoms with Gasteiger partial charge in [-0.25, -0.2) is 0 Å². The van der Waals surface area contributed by atoms with Crippen LogP contribution < -0.4 is 5.32 Å². The summed E-state index contributed by atoms with van der Waals surface area (Å²) >= 11 is 3.31. The molecule has 1 heterocycles. The van der Waals surface area contributed by atoms with Gasteiger partial charge in [-0.3, -0.25) is 9.79 Å². The number of carbonyl (C=O) groups is 1. The summed E-state index contributed by atoms with van der Waals surface area (Å²) in [7, 11) is 0. The Morgan fingerprint density at radius 2 is 2.54 bits per heavy atom. The van der Waals surface area contributed by atoms with Gasteiger partial charge in [-0.15, -0.1) is 0 Å². The Morgan fingerprint density at radius 3 is 3.15 bits per heavy atom. The molecule has 0 aromatic rings. The van der Waals surface area contributed by atoms with Crippen molar-refractivity contribution in [3.8, 4) is 0 Å². The average molecular weight is 216 g/mol. The minimum Gasteiger partial charge on any atom is -0.353 e. The molecule has 2 rings (SSSR count). The van der Waals surface area contributed by atoms with Gasteiger partial charge in [-0.2, -0.15) is 0 Å². The van der Waals surface area contributed by atoms with Crippen molar-refractivity contribution in [3.05, 3.63) is 0 Å². The average Bonchev–Trinajstić information content (AvgIpc) is 2.78. The minimum absolute atomic E-state index is 0.155. The Labute approximate surface area is 86.1 Å². The monoisotopic (exact) mass is 216 g/mol. The third-order valence-electron chi connectivity index (χ3n) is 1.83. The predicted octanol–water partition coefficient (Wildman–Crippen LogP) is 1.10. The first-order chi connectivity index (χ1) is 6.34. The largest absolute Gasteiger partial charge is 0.353 e. The number of amides is 1. The maximum atomic E-state index is 11.3. The van der Waals surface area contributed by atoms with Gasteiger partial charge in [0, 0.05) is 11.8 Å². The van der Waals surface area contributed by atoms with Crippen LogP contribution in [0.1, 0.15) is 12.8 Å². The number of nitrogens with zero attached hydrogens (tertiary/aromatic N) is 1. The molecule has 72 valence electrons. The first-order valence-corrected chi connectivity index (χ1v) is 6.41. The summed E-state index contributed by atoms with van der Waals surface area (Å²) in [5.74, 6) is 1.76. The zero-order valence-electron chi connectivity index (χ0n) is 7.28. The fraction of sp³-hybridized carbons (Fsp3) is 0.750. The lowest BCUT2D eigenvalue weighted by Gasteiger charge is -2.01. The molecule has 0 atom stereocenters. The normalized spacial score (nSPS) is 21.4. The first kappa shape index (κ1) is 9.40. The number of carbonyl (C=O) groups excluding carboxylic acids is 1. The molecule has 5 heteroatoms. The fourth-order valence-corrected chi connectivity index (χ4v) is 2.85. The Hall–Kier alpha value is -0.160. The van der Waals surface area contributed by atoms with Crippen LogP contribution in [0, 0.1) is 0 Å². The highest BCUT2D eigenvalue weighted by molar-refractivity contribution is 8.39. The Bertz CT molecular complexity index is 238. The van der Waals surface area contributed by atoms with Gasteiger partial charge in [0.2, 0.25) is 5.91 Å². The van der Waals surface area contributed by atoms with Crippen molar-refractivity contribution in [1.29, 1.82) is 0 Å². The first-order valence-electron chi connectivity index (χ1n) is 4.44. The third kappa shape index (κ3) is 3.23. The molecule has 1 saturated carbocycles. The lowest BCUT2D eigenvalue weighted by Crippen LogP contribution is -2.27. The second kappa shape index (κ2) is 4.37. The molecule has 0 bridgehead atoms. The summed E-state index contributed by atoms with van der Waals surface area (Å²) in [6.07, 6.45) is 2.32. The maximum Gasteiger partial charge on any atom is 0.230 e. The van der Waals surface area contributed by atoms with Gasteiger partial charge >= 0.3 is 0 Å². The predicted molar refractivity (Wildman–Crippen MR) is 58.4 cm³/mol. The summed E-state index contributed by atoms with van der Waals surface area (Å²) < 4.78 is 1.07. The van der Waals surface area contributed by atoms with E-state index in [1.165, 1.54) is 0 Å². The molecule has 1 N–H and O–H groups in total. The van der Waals surface area contributed by atoms with Crippen molar-refractivity contribution in [2.24, 2.45) is 4.99 Å². The number of hydrogen-bond donors (Lipinski definition) is 1. The van der Waals surface area contributed by atoms with E-state index < -0.39 is 0 Å². The molecule has 1 aliphatic heterocycles. The van der Waals surface area contributed by atoms with Gasteiger partial charge in [-0.1, -0.05) is 23.5 Å². The fourth-order valence-electron chi connectivity index (χ4n) is 1.03. The van der Waals surface area contributed by atoms with E-state index in [1.54, 1.807) is 23.5 Å². The zero-order valence-corrected chi connectivity index (χ0v) is 8.92. The van der Waals surface area contributed by atoms with Crippen LogP contribution in [0.25, 0.3) is 0 Å². The standard InChI is InChI=1S/C8H12N2OS2/c11-7(10-6-1-2-6)5-13-8-9-3-4-12-8/h6H,1-5H2,(H,10,11). The van der Waals surface area contributed by atoms with Gasteiger partial charge in [0.15, 0.2) is 0 Å². The van der Waals surface area contributed by atoms with E-state index in [4.69, 9.17) is 0 Å². The summed E-state index contributed by atoms with van der Waals surface area (Å²) in [6, 6.07) is 0.478. The molecule has 2 aliphatic rings. The van der Waals surface area contributed by atoms with E-state index in [1.807, 2.05) is 0 Å². The second-order valence-electron chi connectivity index (χ2n) is 3.13. The highest BCUT2D eigenvalue weighted by Crippen LogP contribution is 2.22. The van der Waals surface area contributed by atoms with E-state index >= 15 is 0 Å². The van der Waals surface area contributed by atoms with E-state index in [0.29, 0.717) is 11.8 Å². The summed E-state index contributed by atoms with van der Waals surface area (Å²) in [6.45, 7) is 0.914. The van der Waals surface area contributed by atoms with Crippen LogP contribution in [0.3, 0.4) is 0 Å². The molecule has 13 heavy (non-hydrogen) atoms. The van der Waals surface area contributed by atoms with Crippen LogP contribution in [-0.4, -0.2) is 34.4 Å². The maximum absolute atomic E-state index is 11.3. The Kier molecular flexibility index (Phi) is 3.16. The van der Waals surface area contributed by atoms with Crippen molar-refractivity contribution >= 4 is 33.8 Å². The molecular formula is C8H12N2OS2. The highest BCUT2D eigenvalue weighted by atomic mass is 32.2. The van der Waals surface area contributed by atoms with Crippen LogP contribution in [0.5, 0.6) is 0 Å². The van der Waals surface area contributed by atoms with Crippen molar-refractivity contribution in [2.45, 2.75) is 18.9 Å². The van der Waals surface area contributed by atoms with Crippen molar-refractivity contribution in [3.63, 3.8) is 0 Å². The highest BCUT2D eigenvalue weighted by Gasteiger charge is 2.23. The zero-order chi connectivity index (χ0) is 9.10. The van der Waals surface area contributed by atoms with E-state index in [0.717, 1.165) is 29.5 Å². The minimum atomic E-state index is 0.155. The summed E-state index contributed by atoms with van der Waals surface area (Å²) in [5.41, 5.74) is 0. The molecule has 3 nitrogen and oxygen atoms in total. The van der Waals surface area contributed by atoms with Crippen molar-refractivity contribution in [2.75, 3.05) is 18.1 Å². The molecular weight excluding hydrogens is 204 g/mol. The second-order valence-corrected chi connectivity index (χ2v) is 5.43. The molecule has 0 spiro atoms. The Balaban J connectivity index is 1.62.